The molecule has 1 aromatic carbocycles. The second-order valence-corrected chi connectivity index (χ2v) is 8.72. The van der Waals surface area contributed by atoms with Crippen LogP contribution in [0.15, 0.2) is 41.0 Å². The molecule has 0 bridgehead atoms. The summed E-state index contributed by atoms with van der Waals surface area (Å²) < 4.78 is 55.8. The number of thiophene rings is 1. The van der Waals surface area contributed by atoms with Crippen molar-refractivity contribution < 1.29 is 27.2 Å². The first-order valence-electron chi connectivity index (χ1n) is 9.06. The van der Waals surface area contributed by atoms with E-state index in [1.165, 1.54) is 23.0 Å². The van der Waals surface area contributed by atoms with Gasteiger partial charge in [-0.15, -0.1) is 11.3 Å². The molecule has 2 amide bonds. The first kappa shape index (κ1) is 22.9. The van der Waals surface area contributed by atoms with Gasteiger partial charge in [-0.25, -0.2) is 9.37 Å². The van der Waals surface area contributed by atoms with Gasteiger partial charge in [0.2, 0.25) is 0 Å². The molecule has 0 unspecified atom stereocenters. The quantitative estimate of drug-likeness (QED) is 0.356. The number of amides is 2. The number of aromatic nitrogens is 3. The average molecular weight is 542 g/mol. The minimum Gasteiger partial charge on any atom is -0.365 e. The van der Waals surface area contributed by atoms with Crippen LogP contribution in [0.2, 0.25) is 0 Å². The number of primary amides is 1. The Morgan fingerprint density at radius 1 is 1.21 bits per heavy atom. The number of anilines is 1. The molecular weight excluding hydrogens is 530 g/mol. The molecule has 0 aliphatic heterocycles. The zero-order valence-corrected chi connectivity index (χ0v) is 18.9. The van der Waals surface area contributed by atoms with E-state index >= 15 is 0 Å². The Bertz CT molecular complexity index is 1410. The lowest BCUT2D eigenvalue weighted by Crippen LogP contribution is -2.17. The molecule has 0 saturated heterocycles. The van der Waals surface area contributed by atoms with Crippen molar-refractivity contribution in [2.24, 2.45) is 12.8 Å². The minimum atomic E-state index is -4.79. The van der Waals surface area contributed by atoms with E-state index in [2.05, 4.69) is 31.3 Å². The highest BCUT2D eigenvalue weighted by atomic mass is 79.9. The number of rotatable bonds is 4. The van der Waals surface area contributed by atoms with Gasteiger partial charge in [0.1, 0.15) is 21.2 Å². The molecule has 3 N–H and O–H groups in total. The van der Waals surface area contributed by atoms with Gasteiger partial charge in [0, 0.05) is 18.6 Å². The van der Waals surface area contributed by atoms with Crippen molar-refractivity contribution >= 4 is 55.0 Å². The lowest BCUT2D eigenvalue weighted by Gasteiger charge is -2.12. The van der Waals surface area contributed by atoms with Crippen molar-refractivity contribution in [3.63, 3.8) is 0 Å². The number of benzene rings is 1. The van der Waals surface area contributed by atoms with Crippen LogP contribution >= 0.6 is 27.3 Å². The number of carbonyl (C=O) groups excluding carboxylic acids is 2. The number of pyridine rings is 1. The standard InChI is InChI=1S/C20H12BrF4N5O2S/c1-30-7-11(21)14(29-30)18(32)28-15-13-10(8-2-4-9(22)5-3-8)6-12(20(23,24)25)27-19(13)33-16(15)17(26)31/h2-7H,1H3,(H2,26,31)(H,28,32). The molecule has 4 aromatic rings. The summed E-state index contributed by atoms with van der Waals surface area (Å²) >= 11 is 3.81. The van der Waals surface area contributed by atoms with Gasteiger partial charge >= 0.3 is 6.18 Å². The fraction of sp³-hybridized carbons (Fsp3) is 0.100. The number of hydrogen-bond donors (Lipinski definition) is 2. The van der Waals surface area contributed by atoms with Crippen LogP contribution in [0.25, 0.3) is 21.3 Å². The molecule has 0 saturated carbocycles. The van der Waals surface area contributed by atoms with E-state index in [0.717, 1.165) is 18.2 Å². The Morgan fingerprint density at radius 2 is 1.88 bits per heavy atom. The summed E-state index contributed by atoms with van der Waals surface area (Å²) in [5.74, 6) is -2.28. The number of nitrogens with one attached hydrogen (secondary N) is 1. The van der Waals surface area contributed by atoms with Gasteiger partial charge in [-0.2, -0.15) is 18.3 Å². The summed E-state index contributed by atoms with van der Waals surface area (Å²) in [4.78, 5) is 28.3. The van der Waals surface area contributed by atoms with Gasteiger partial charge in [-0.3, -0.25) is 14.3 Å². The van der Waals surface area contributed by atoms with Crippen molar-refractivity contribution in [1.82, 2.24) is 14.8 Å². The van der Waals surface area contributed by atoms with Gasteiger partial charge < -0.3 is 11.1 Å². The van der Waals surface area contributed by atoms with Crippen LogP contribution in [0.4, 0.5) is 23.2 Å². The molecule has 7 nitrogen and oxygen atoms in total. The smallest absolute Gasteiger partial charge is 0.365 e. The number of alkyl halides is 3. The fourth-order valence-corrected chi connectivity index (χ4v) is 4.74. The largest absolute Gasteiger partial charge is 0.433 e. The van der Waals surface area contributed by atoms with E-state index < -0.39 is 29.5 Å². The van der Waals surface area contributed by atoms with Crippen molar-refractivity contribution in [3.05, 3.63) is 63.1 Å². The Balaban J connectivity index is 1.99. The number of carbonyl (C=O) groups is 2. The Morgan fingerprint density at radius 3 is 2.42 bits per heavy atom. The van der Waals surface area contributed by atoms with Crippen molar-refractivity contribution in [1.29, 1.82) is 0 Å². The molecule has 0 aliphatic carbocycles. The Hall–Kier alpha value is -3.32. The van der Waals surface area contributed by atoms with Crippen molar-refractivity contribution in [2.75, 3.05) is 5.32 Å². The molecule has 3 heterocycles. The molecule has 33 heavy (non-hydrogen) atoms. The SMILES string of the molecule is Cn1cc(Br)c(C(=O)Nc2c(C(N)=O)sc3nc(C(F)(F)F)cc(-c4ccc(F)cc4)c23)n1. The monoisotopic (exact) mass is 541 g/mol. The van der Waals surface area contributed by atoms with Gasteiger partial charge in [0.25, 0.3) is 11.8 Å². The predicted octanol–water partition coefficient (Wildman–Crippen LogP) is 4.97. The number of hydrogen-bond acceptors (Lipinski definition) is 5. The Kier molecular flexibility index (Phi) is 5.70. The van der Waals surface area contributed by atoms with Gasteiger partial charge in [0.05, 0.1) is 10.2 Å². The van der Waals surface area contributed by atoms with Crippen LogP contribution < -0.4 is 11.1 Å². The Labute approximate surface area is 195 Å². The average Bonchev–Trinajstić information content (AvgIpc) is 3.26. The van der Waals surface area contributed by atoms with Crippen LogP contribution in [-0.4, -0.2) is 26.6 Å². The maximum Gasteiger partial charge on any atom is 0.433 e. The van der Waals surface area contributed by atoms with E-state index in [4.69, 9.17) is 5.73 Å². The summed E-state index contributed by atoms with van der Waals surface area (Å²) in [7, 11) is 1.59. The summed E-state index contributed by atoms with van der Waals surface area (Å²) in [6.45, 7) is 0. The normalized spacial score (nSPS) is 11.7. The van der Waals surface area contributed by atoms with Crippen molar-refractivity contribution in [3.8, 4) is 11.1 Å². The second-order valence-electron chi connectivity index (χ2n) is 6.86. The maximum atomic E-state index is 13.5. The zero-order chi connectivity index (χ0) is 24.1. The first-order valence-corrected chi connectivity index (χ1v) is 10.7. The number of nitrogens with zero attached hydrogens (tertiary/aromatic N) is 3. The number of fused-ring (bicyclic) bond motifs is 1. The minimum absolute atomic E-state index is 0.00791. The fourth-order valence-electron chi connectivity index (χ4n) is 3.18. The number of halogens is 5. The van der Waals surface area contributed by atoms with Crippen LogP contribution in [0.1, 0.15) is 25.9 Å². The topological polar surface area (TPSA) is 103 Å². The van der Waals surface area contributed by atoms with E-state index in [0.29, 0.717) is 15.8 Å². The van der Waals surface area contributed by atoms with Gasteiger partial charge in [-0.05, 0) is 45.3 Å². The van der Waals surface area contributed by atoms with E-state index in [1.807, 2.05) is 0 Å². The van der Waals surface area contributed by atoms with E-state index in [-0.39, 0.29) is 37.6 Å². The summed E-state index contributed by atoms with van der Waals surface area (Å²) in [5, 5.41) is 6.62. The maximum absolute atomic E-state index is 13.5. The molecule has 3 aromatic heterocycles. The van der Waals surface area contributed by atoms with Crippen LogP contribution in [0, 0.1) is 5.82 Å². The highest BCUT2D eigenvalue weighted by Crippen LogP contribution is 2.43. The van der Waals surface area contributed by atoms with Crippen molar-refractivity contribution in [2.45, 2.75) is 6.18 Å². The van der Waals surface area contributed by atoms with Crippen LogP contribution in [-0.2, 0) is 13.2 Å². The summed E-state index contributed by atoms with van der Waals surface area (Å²) in [6.07, 6.45) is -3.27. The molecule has 0 atom stereocenters. The first-order chi connectivity index (χ1) is 15.5. The predicted molar refractivity (Wildman–Crippen MR) is 117 cm³/mol. The molecule has 0 spiro atoms. The molecule has 0 radical (unpaired) electrons. The second kappa shape index (κ2) is 8.23. The molecule has 0 aliphatic rings. The van der Waals surface area contributed by atoms with Gasteiger partial charge in [-0.1, -0.05) is 12.1 Å². The third kappa shape index (κ3) is 4.33. The van der Waals surface area contributed by atoms with Crippen LogP contribution in [0.3, 0.4) is 0 Å². The molecule has 13 heteroatoms. The zero-order valence-electron chi connectivity index (χ0n) is 16.5. The van der Waals surface area contributed by atoms with E-state index in [9.17, 15) is 27.2 Å². The molecular formula is C20H12BrF4N5O2S. The molecule has 4 rings (SSSR count). The number of nitrogens with two attached hydrogens (primary N) is 1. The summed E-state index contributed by atoms with van der Waals surface area (Å²) in [5.41, 5.74) is 4.33. The third-order valence-electron chi connectivity index (χ3n) is 4.57. The van der Waals surface area contributed by atoms with E-state index in [1.54, 1.807) is 7.05 Å². The lowest BCUT2D eigenvalue weighted by atomic mass is 10.0. The highest BCUT2D eigenvalue weighted by molar-refractivity contribution is 9.10. The lowest BCUT2D eigenvalue weighted by molar-refractivity contribution is -0.140. The highest BCUT2D eigenvalue weighted by Gasteiger charge is 2.35. The number of aryl methyl sites for hydroxylation is 1. The summed E-state index contributed by atoms with van der Waals surface area (Å²) in [6, 6.07) is 5.51. The van der Waals surface area contributed by atoms with Crippen LogP contribution in [0.5, 0.6) is 0 Å². The molecule has 170 valence electrons. The third-order valence-corrected chi connectivity index (χ3v) is 6.25. The molecule has 0 fully saturated rings. The van der Waals surface area contributed by atoms with Gasteiger partial charge in [0.15, 0.2) is 5.69 Å².